The van der Waals surface area contributed by atoms with Crippen LogP contribution in [0, 0.1) is 0 Å². The molecule has 3 aromatic carbocycles. The molecular formula is C29H36N2O2. The standard InChI is InChI=1S/C29H36N2O2/c1-21-27(24-13-7-4-8-14-24)31(23(3)29(33)26-17-11-6-12-18-26)20-19-30(21)22(2)28(32)25-15-9-5-10-16-25/h4-18,21-23,27-29,32-33H,19-20H2,1-3H3/t21-,22+,23+,27-,28+,29+/m1/s1. The lowest BCUT2D eigenvalue weighted by Gasteiger charge is -2.52. The first-order valence-corrected chi connectivity index (χ1v) is 12.0. The number of aliphatic hydroxyl groups is 2. The zero-order chi connectivity index (χ0) is 23.4. The minimum Gasteiger partial charge on any atom is -0.387 e. The summed E-state index contributed by atoms with van der Waals surface area (Å²) in [6.07, 6.45) is -1.12. The van der Waals surface area contributed by atoms with E-state index in [4.69, 9.17) is 0 Å². The molecule has 6 atom stereocenters. The van der Waals surface area contributed by atoms with Crippen LogP contribution >= 0.6 is 0 Å². The van der Waals surface area contributed by atoms with Gasteiger partial charge in [-0.05, 0) is 37.5 Å². The highest BCUT2D eigenvalue weighted by Gasteiger charge is 2.41. The molecule has 4 nitrogen and oxygen atoms in total. The van der Waals surface area contributed by atoms with Crippen LogP contribution < -0.4 is 0 Å². The highest BCUT2D eigenvalue weighted by atomic mass is 16.3. The molecule has 0 aliphatic carbocycles. The van der Waals surface area contributed by atoms with Gasteiger partial charge < -0.3 is 10.2 Å². The molecule has 4 heteroatoms. The van der Waals surface area contributed by atoms with Gasteiger partial charge in [-0.2, -0.15) is 0 Å². The van der Waals surface area contributed by atoms with Gasteiger partial charge in [-0.15, -0.1) is 0 Å². The molecular weight excluding hydrogens is 408 g/mol. The molecule has 0 aromatic heterocycles. The molecule has 0 bridgehead atoms. The normalized spacial score (nSPS) is 23.5. The first-order valence-electron chi connectivity index (χ1n) is 12.0. The molecule has 1 saturated heterocycles. The maximum Gasteiger partial charge on any atom is 0.0942 e. The van der Waals surface area contributed by atoms with E-state index < -0.39 is 12.2 Å². The number of benzene rings is 3. The van der Waals surface area contributed by atoms with Crippen molar-refractivity contribution in [2.75, 3.05) is 13.1 Å². The molecule has 0 radical (unpaired) electrons. The molecule has 0 spiro atoms. The number of aliphatic hydroxyl groups excluding tert-OH is 2. The number of piperazine rings is 1. The van der Waals surface area contributed by atoms with E-state index in [9.17, 15) is 10.2 Å². The summed E-state index contributed by atoms with van der Waals surface area (Å²) in [5.41, 5.74) is 3.13. The third-order valence-corrected chi connectivity index (χ3v) is 7.34. The average molecular weight is 445 g/mol. The van der Waals surface area contributed by atoms with E-state index in [1.807, 2.05) is 66.7 Å². The molecule has 3 aromatic rings. The second-order valence-electron chi connectivity index (χ2n) is 9.26. The van der Waals surface area contributed by atoms with Crippen LogP contribution in [0.2, 0.25) is 0 Å². The quantitative estimate of drug-likeness (QED) is 0.540. The van der Waals surface area contributed by atoms with Crippen molar-refractivity contribution in [2.45, 2.75) is 57.1 Å². The van der Waals surface area contributed by atoms with E-state index >= 15 is 0 Å². The number of nitrogens with zero attached hydrogens (tertiary/aromatic N) is 2. The van der Waals surface area contributed by atoms with Gasteiger partial charge in [-0.1, -0.05) is 91.0 Å². The van der Waals surface area contributed by atoms with Crippen molar-refractivity contribution < 1.29 is 10.2 Å². The largest absolute Gasteiger partial charge is 0.387 e. The van der Waals surface area contributed by atoms with Crippen LogP contribution in [0.25, 0.3) is 0 Å². The average Bonchev–Trinajstić information content (AvgIpc) is 2.88. The van der Waals surface area contributed by atoms with Crippen LogP contribution in [0.3, 0.4) is 0 Å². The third-order valence-electron chi connectivity index (χ3n) is 7.34. The smallest absolute Gasteiger partial charge is 0.0942 e. The van der Waals surface area contributed by atoms with E-state index in [-0.39, 0.29) is 24.2 Å². The first kappa shape index (κ1) is 23.7. The third kappa shape index (κ3) is 5.04. The number of hydrogen-bond donors (Lipinski definition) is 2. The predicted octanol–water partition coefficient (Wildman–Crippen LogP) is 4.98. The monoisotopic (exact) mass is 444 g/mol. The SMILES string of the molecule is C[C@@H]1[C@H](c2ccccc2)N([C@@H](C)[C@H](O)c2ccccc2)CCN1[C@@H](C)[C@H](O)c1ccccc1. The lowest BCUT2D eigenvalue weighted by molar-refractivity contribution is -0.0675. The lowest BCUT2D eigenvalue weighted by atomic mass is 9.89. The molecule has 1 heterocycles. The van der Waals surface area contributed by atoms with Crippen molar-refractivity contribution in [3.05, 3.63) is 108 Å². The minimum atomic E-state index is -0.566. The molecule has 1 fully saturated rings. The Hall–Kier alpha value is -2.50. The van der Waals surface area contributed by atoms with E-state index in [1.54, 1.807) is 0 Å². The first-order chi connectivity index (χ1) is 16.0. The molecule has 1 aliphatic rings. The molecule has 0 amide bonds. The van der Waals surface area contributed by atoms with Gasteiger partial charge in [0.2, 0.25) is 0 Å². The highest BCUT2D eigenvalue weighted by molar-refractivity contribution is 5.25. The van der Waals surface area contributed by atoms with Crippen molar-refractivity contribution in [1.82, 2.24) is 9.80 Å². The van der Waals surface area contributed by atoms with Crippen LogP contribution in [0.1, 0.15) is 55.7 Å². The predicted molar refractivity (Wildman–Crippen MR) is 134 cm³/mol. The van der Waals surface area contributed by atoms with Crippen molar-refractivity contribution in [2.24, 2.45) is 0 Å². The van der Waals surface area contributed by atoms with Gasteiger partial charge in [0.05, 0.1) is 18.2 Å². The van der Waals surface area contributed by atoms with Gasteiger partial charge in [-0.3, -0.25) is 9.80 Å². The topological polar surface area (TPSA) is 46.9 Å². The summed E-state index contributed by atoms with van der Waals surface area (Å²) < 4.78 is 0. The van der Waals surface area contributed by atoms with E-state index in [2.05, 4.69) is 54.8 Å². The van der Waals surface area contributed by atoms with Crippen molar-refractivity contribution >= 4 is 0 Å². The maximum atomic E-state index is 11.2. The Morgan fingerprint density at radius 1 is 0.636 bits per heavy atom. The Labute approximate surface area is 198 Å². The Morgan fingerprint density at radius 3 is 1.52 bits per heavy atom. The molecule has 0 unspecified atom stereocenters. The Balaban J connectivity index is 1.61. The molecule has 2 N–H and O–H groups in total. The summed E-state index contributed by atoms with van der Waals surface area (Å²) in [4.78, 5) is 4.86. The number of rotatable bonds is 7. The van der Waals surface area contributed by atoms with Crippen molar-refractivity contribution in [3.8, 4) is 0 Å². The fourth-order valence-electron chi connectivity index (χ4n) is 5.40. The van der Waals surface area contributed by atoms with Gasteiger partial charge in [0.1, 0.15) is 0 Å². The Morgan fingerprint density at radius 2 is 1.03 bits per heavy atom. The molecule has 174 valence electrons. The summed E-state index contributed by atoms with van der Waals surface area (Å²) >= 11 is 0. The van der Waals surface area contributed by atoms with Crippen LogP contribution in [0.15, 0.2) is 91.0 Å². The van der Waals surface area contributed by atoms with Gasteiger partial charge in [0, 0.05) is 31.2 Å². The van der Waals surface area contributed by atoms with E-state index in [1.165, 1.54) is 5.56 Å². The Bertz CT molecular complexity index is 982. The lowest BCUT2D eigenvalue weighted by Crippen LogP contribution is -2.59. The summed E-state index contributed by atoms with van der Waals surface area (Å²) in [5, 5.41) is 22.3. The van der Waals surface area contributed by atoms with Gasteiger partial charge in [-0.25, -0.2) is 0 Å². The summed E-state index contributed by atoms with van der Waals surface area (Å²) in [6, 6.07) is 30.6. The Kier molecular flexibility index (Phi) is 7.61. The van der Waals surface area contributed by atoms with Crippen LogP contribution in [-0.2, 0) is 0 Å². The fourth-order valence-corrected chi connectivity index (χ4v) is 5.40. The molecule has 0 saturated carbocycles. The maximum absolute atomic E-state index is 11.2. The highest BCUT2D eigenvalue weighted by Crippen LogP contribution is 2.38. The van der Waals surface area contributed by atoms with Gasteiger partial charge in [0.15, 0.2) is 0 Å². The summed E-state index contributed by atoms with van der Waals surface area (Å²) in [5.74, 6) is 0. The van der Waals surface area contributed by atoms with Crippen LogP contribution in [0.4, 0.5) is 0 Å². The van der Waals surface area contributed by atoms with Crippen LogP contribution in [-0.4, -0.2) is 51.2 Å². The fraction of sp³-hybridized carbons (Fsp3) is 0.379. The van der Waals surface area contributed by atoms with Crippen molar-refractivity contribution in [3.63, 3.8) is 0 Å². The second kappa shape index (κ2) is 10.6. The van der Waals surface area contributed by atoms with Crippen molar-refractivity contribution in [1.29, 1.82) is 0 Å². The molecule has 33 heavy (non-hydrogen) atoms. The summed E-state index contributed by atoms with van der Waals surface area (Å²) in [6.45, 7) is 8.15. The van der Waals surface area contributed by atoms with Gasteiger partial charge >= 0.3 is 0 Å². The van der Waals surface area contributed by atoms with E-state index in [0.717, 1.165) is 24.2 Å². The molecule has 4 rings (SSSR count). The van der Waals surface area contributed by atoms with Crippen LogP contribution in [0.5, 0.6) is 0 Å². The molecule has 1 aliphatic heterocycles. The van der Waals surface area contributed by atoms with Gasteiger partial charge in [0.25, 0.3) is 0 Å². The number of hydrogen-bond acceptors (Lipinski definition) is 4. The minimum absolute atomic E-state index is 0.0230. The summed E-state index contributed by atoms with van der Waals surface area (Å²) in [7, 11) is 0. The zero-order valence-corrected chi connectivity index (χ0v) is 19.8. The zero-order valence-electron chi connectivity index (χ0n) is 19.8. The van der Waals surface area contributed by atoms with E-state index in [0.29, 0.717) is 0 Å². The second-order valence-corrected chi connectivity index (χ2v) is 9.26.